The zero-order valence-electron chi connectivity index (χ0n) is 9.93. The molecule has 0 saturated heterocycles. The van der Waals surface area contributed by atoms with E-state index in [-0.39, 0.29) is 30.3 Å². The lowest BCUT2D eigenvalue weighted by atomic mass is 10.1. The molecule has 1 aromatic rings. The number of aromatic nitrogens is 2. The van der Waals surface area contributed by atoms with E-state index in [1.807, 2.05) is 13.1 Å². The number of halogens is 1. The summed E-state index contributed by atoms with van der Waals surface area (Å²) >= 11 is 0. The molecule has 2 atom stereocenters. The van der Waals surface area contributed by atoms with Gasteiger partial charge in [0.05, 0.1) is 12.2 Å². The third-order valence-corrected chi connectivity index (χ3v) is 3.21. The van der Waals surface area contributed by atoms with Gasteiger partial charge < -0.3 is 11.1 Å². The fraction of sp³-hybridized carbons (Fsp3) is 0.636. The standard InChI is InChI=1S/C11H18N4O.ClH/c1-15-10(4-5-14-15)7-13-11(16)8-2-3-9(12)6-8;/h4-5,8-9H,2-3,6-7,12H2,1H3,(H,13,16);1H. The van der Waals surface area contributed by atoms with Crippen molar-refractivity contribution in [1.82, 2.24) is 15.1 Å². The van der Waals surface area contributed by atoms with E-state index < -0.39 is 0 Å². The average Bonchev–Trinajstić information content (AvgIpc) is 2.84. The molecule has 1 fully saturated rings. The van der Waals surface area contributed by atoms with Crippen molar-refractivity contribution in [2.75, 3.05) is 0 Å². The highest BCUT2D eigenvalue weighted by Gasteiger charge is 2.27. The van der Waals surface area contributed by atoms with Gasteiger partial charge in [-0.15, -0.1) is 12.4 Å². The average molecular weight is 259 g/mol. The lowest BCUT2D eigenvalue weighted by Crippen LogP contribution is -2.30. The monoisotopic (exact) mass is 258 g/mol. The number of nitrogens with one attached hydrogen (secondary N) is 1. The zero-order chi connectivity index (χ0) is 11.5. The lowest BCUT2D eigenvalue weighted by Gasteiger charge is -2.10. The molecule has 1 aliphatic carbocycles. The second-order valence-corrected chi connectivity index (χ2v) is 4.43. The minimum atomic E-state index is 0. The van der Waals surface area contributed by atoms with Crippen molar-refractivity contribution < 1.29 is 4.79 Å². The summed E-state index contributed by atoms with van der Waals surface area (Å²) in [5, 5.41) is 6.98. The van der Waals surface area contributed by atoms with Crippen LogP contribution in [0.15, 0.2) is 12.3 Å². The number of rotatable bonds is 3. The lowest BCUT2D eigenvalue weighted by molar-refractivity contribution is -0.125. The van der Waals surface area contributed by atoms with Gasteiger partial charge >= 0.3 is 0 Å². The van der Waals surface area contributed by atoms with E-state index in [1.165, 1.54) is 0 Å². The molecule has 1 saturated carbocycles. The Bertz CT molecular complexity index is 379. The Morgan fingerprint density at radius 2 is 2.41 bits per heavy atom. The molecule has 0 aliphatic heterocycles. The third kappa shape index (κ3) is 3.44. The molecule has 0 radical (unpaired) electrons. The minimum absolute atomic E-state index is 0. The Kier molecular flexibility index (Phi) is 4.96. The zero-order valence-corrected chi connectivity index (χ0v) is 10.7. The topological polar surface area (TPSA) is 72.9 Å². The van der Waals surface area contributed by atoms with Crippen molar-refractivity contribution in [2.24, 2.45) is 18.7 Å². The first-order chi connectivity index (χ1) is 7.66. The smallest absolute Gasteiger partial charge is 0.223 e. The third-order valence-electron chi connectivity index (χ3n) is 3.21. The summed E-state index contributed by atoms with van der Waals surface area (Å²) in [5.41, 5.74) is 6.79. The molecule has 1 heterocycles. The predicted octanol–water partition coefficient (Wildman–Crippen LogP) is 0.586. The van der Waals surface area contributed by atoms with Crippen molar-refractivity contribution in [3.63, 3.8) is 0 Å². The van der Waals surface area contributed by atoms with Crippen LogP contribution in [0.5, 0.6) is 0 Å². The van der Waals surface area contributed by atoms with Crippen LogP contribution in [-0.4, -0.2) is 21.7 Å². The van der Waals surface area contributed by atoms with Crippen LogP contribution in [0.3, 0.4) is 0 Å². The van der Waals surface area contributed by atoms with Crippen molar-refractivity contribution in [3.8, 4) is 0 Å². The fourth-order valence-electron chi connectivity index (χ4n) is 2.15. The van der Waals surface area contributed by atoms with E-state index in [1.54, 1.807) is 10.9 Å². The minimum Gasteiger partial charge on any atom is -0.350 e. The van der Waals surface area contributed by atoms with Gasteiger partial charge in [-0.1, -0.05) is 0 Å². The summed E-state index contributed by atoms with van der Waals surface area (Å²) in [5.74, 6) is 0.220. The largest absolute Gasteiger partial charge is 0.350 e. The van der Waals surface area contributed by atoms with E-state index in [2.05, 4.69) is 10.4 Å². The molecule has 0 bridgehead atoms. The number of nitrogens with zero attached hydrogens (tertiary/aromatic N) is 2. The van der Waals surface area contributed by atoms with Crippen molar-refractivity contribution in [1.29, 1.82) is 0 Å². The van der Waals surface area contributed by atoms with Crippen molar-refractivity contribution >= 4 is 18.3 Å². The molecule has 17 heavy (non-hydrogen) atoms. The highest BCUT2D eigenvalue weighted by Crippen LogP contribution is 2.24. The number of amides is 1. The molecule has 0 spiro atoms. The van der Waals surface area contributed by atoms with Crippen molar-refractivity contribution in [2.45, 2.75) is 31.8 Å². The SMILES string of the molecule is Cl.Cn1nccc1CNC(=O)C1CCC(N)C1. The number of aryl methyl sites for hydroxylation is 1. The summed E-state index contributed by atoms with van der Waals surface area (Å²) in [7, 11) is 1.87. The first kappa shape index (κ1) is 14.0. The Labute approximate surface area is 107 Å². The van der Waals surface area contributed by atoms with Crippen LogP contribution in [0.1, 0.15) is 25.0 Å². The summed E-state index contributed by atoms with van der Waals surface area (Å²) < 4.78 is 1.76. The van der Waals surface area contributed by atoms with E-state index in [0.29, 0.717) is 6.54 Å². The normalized spacial score (nSPS) is 23.2. The van der Waals surface area contributed by atoms with Gasteiger partial charge in [0.25, 0.3) is 0 Å². The quantitative estimate of drug-likeness (QED) is 0.833. The number of hydrogen-bond donors (Lipinski definition) is 2. The second kappa shape index (κ2) is 6.02. The summed E-state index contributed by atoms with van der Waals surface area (Å²) in [6, 6.07) is 2.10. The van der Waals surface area contributed by atoms with Gasteiger partial charge in [-0.25, -0.2) is 0 Å². The summed E-state index contributed by atoms with van der Waals surface area (Å²) in [6.07, 6.45) is 4.42. The van der Waals surface area contributed by atoms with Gasteiger partial charge in [-0.2, -0.15) is 5.10 Å². The molecule has 1 aliphatic rings. The number of nitrogens with two attached hydrogens (primary N) is 1. The molecular weight excluding hydrogens is 240 g/mol. The van der Waals surface area contributed by atoms with Crippen LogP contribution in [0.2, 0.25) is 0 Å². The van der Waals surface area contributed by atoms with Crippen LogP contribution in [-0.2, 0) is 18.4 Å². The Morgan fingerprint density at radius 3 is 2.94 bits per heavy atom. The molecular formula is C11H19ClN4O. The molecule has 96 valence electrons. The molecule has 1 amide bonds. The van der Waals surface area contributed by atoms with Crippen LogP contribution in [0, 0.1) is 5.92 Å². The number of hydrogen-bond acceptors (Lipinski definition) is 3. The molecule has 1 aromatic heterocycles. The van der Waals surface area contributed by atoms with E-state index >= 15 is 0 Å². The van der Waals surface area contributed by atoms with Gasteiger partial charge in [0.2, 0.25) is 5.91 Å². The van der Waals surface area contributed by atoms with Gasteiger partial charge in [-0.3, -0.25) is 9.48 Å². The molecule has 3 N–H and O–H groups in total. The molecule has 6 heteroatoms. The molecule has 5 nitrogen and oxygen atoms in total. The number of carbonyl (C=O) groups excluding carboxylic acids is 1. The van der Waals surface area contributed by atoms with Crippen LogP contribution < -0.4 is 11.1 Å². The Balaban J connectivity index is 0.00000144. The van der Waals surface area contributed by atoms with E-state index in [9.17, 15) is 4.79 Å². The maximum absolute atomic E-state index is 11.8. The predicted molar refractivity (Wildman–Crippen MR) is 67.6 cm³/mol. The number of carbonyl (C=O) groups is 1. The summed E-state index contributed by atoms with van der Waals surface area (Å²) in [6.45, 7) is 0.543. The second-order valence-electron chi connectivity index (χ2n) is 4.43. The maximum Gasteiger partial charge on any atom is 0.223 e. The van der Waals surface area contributed by atoms with Gasteiger partial charge in [0, 0.05) is 25.2 Å². The van der Waals surface area contributed by atoms with Crippen molar-refractivity contribution in [3.05, 3.63) is 18.0 Å². The fourth-order valence-corrected chi connectivity index (χ4v) is 2.15. The van der Waals surface area contributed by atoms with Gasteiger partial charge in [-0.05, 0) is 25.3 Å². The Hall–Kier alpha value is -1.07. The van der Waals surface area contributed by atoms with Crippen LogP contribution in [0.25, 0.3) is 0 Å². The van der Waals surface area contributed by atoms with Gasteiger partial charge in [0.1, 0.15) is 0 Å². The van der Waals surface area contributed by atoms with E-state index in [4.69, 9.17) is 5.73 Å². The highest BCUT2D eigenvalue weighted by atomic mass is 35.5. The molecule has 0 aromatic carbocycles. The first-order valence-corrected chi connectivity index (χ1v) is 5.67. The van der Waals surface area contributed by atoms with E-state index in [0.717, 1.165) is 25.0 Å². The van der Waals surface area contributed by atoms with Crippen LogP contribution >= 0.6 is 12.4 Å². The first-order valence-electron chi connectivity index (χ1n) is 5.67. The molecule has 2 unspecified atom stereocenters. The summed E-state index contributed by atoms with van der Waals surface area (Å²) in [4.78, 5) is 11.8. The Morgan fingerprint density at radius 1 is 1.65 bits per heavy atom. The maximum atomic E-state index is 11.8. The van der Waals surface area contributed by atoms with Crippen LogP contribution in [0.4, 0.5) is 0 Å². The highest BCUT2D eigenvalue weighted by molar-refractivity contribution is 5.85. The van der Waals surface area contributed by atoms with Gasteiger partial charge in [0.15, 0.2) is 0 Å². The molecule has 2 rings (SSSR count).